The molecule has 3 aromatic heterocycles. The first-order valence-corrected chi connectivity index (χ1v) is 36.6. The van der Waals surface area contributed by atoms with Crippen molar-refractivity contribution in [3.8, 4) is 0 Å². The third kappa shape index (κ3) is 19.4. The molecule has 99 heavy (non-hydrogen) atoms. The maximum Gasteiger partial charge on any atom is 0.294 e. The molecule has 4 aromatic carbocycles. The lowest BCUT2D eigenvalue weighted by Gasteiger charge is -2.27. The van der Waals surface area contributed by atoms with Crippen molar-refractivity contribution in [1.29, 1.82) is 0 Å². The van der Waals surface area contributed by atoms with Crippen LogP contribution in [0.5, 0.6) is 0 Å². The van der Waals surface area contributed by atoms with Crippen molar-refractivity contribution in [3.05, 3.63) is 106 Å². The number of aromatic nitrogens is 5. The molecule has 2 aliphatic rings. The Balaban J connectivity index is 1.09. The van der Waals surface area contributed by atoms with Crippen LogP contribution in [0.4, 0.5) is 85.2 Å². The minimum Gasteiger partial charge on any atom is -0.395 e. The second-order valence-corrected chi connectivity index (χ2v) is 27.6. The molecule has 0 unspecified atom stereocenters. The van der Waals surface area contributed by atoms with Gasteiger partial charge in [0.25, 0.3) is 32.1 Å². The van der Waals surface area contributed by atoms with Gasteiger partial charge in [0.2, 0.25) is 28.1 Å². The number of benzene rings is 4. The number of piperidine rings is 2. The summed E-state index contributed by atoms with van der Waals surface area (Å²) in [5, 5.41) is 51.6. The highest BCUT2D eigenvalue weighted by molar-refractivity contribution is 7.86. The van der Waals surface area contributed by atoms with Crippen LogP contribution in [-0.4, -0.2) is 163 Å². The Hall–Kier alpha value is -9.55. The molecule has 2 aliphatic heterocycles. The molecular weight excluding hydrogens is 1350 g/mol. The van der Waals surface area contributed by atoms with Crippen molar-refractivity contribution in [2.75, 3.05) is 124 Å². The summed E-state index contributed by atoms with van der Waals surface area (Å²) in [6, 6.07) is 21.0. The van der Waals surface area contributed by atoms with Crippen LogP contribution in [-0.2, 0) is 39.4 Å². The van der Waals surface area contributed by atoms with Gasteiger partial charge >= 0.3 is 0 Å². The second kappa shape index (κ2) is 33.8. The van der Waals surface area contributed by atoms with Gasteiger partial charge in [0.15, 0.2) is 11.6 Å². The minimum absolute atomic E-state index is 0.00672. The second-order valence-electron chi connectivity index (χ2n) is 22.7. The van der Waals surface area contributed by atoms with Crippen LogP contribution in [0, 0.1) is 0 Å². The average Bonchev–Trinajstić information content (AvgIpc) is 1.68. The van der Waals surface area contributed by atoms with E-state index in [1.54, 1.807) is 17.0 Å². The van der Waals surface area contributed by atoms with Crippen molar-refractivity contribution >= 4 is 164 Å². The van der Waals surface area contributed by atoms with E-state index < -0.39 is 53.4 Å². The SMILES string of the molecule is CCN(CC)c1ccc(N=Nc2nc(N3CCCCC3)c(C=C(C(C)=O)C(=O)Nc3cccc(S(=O)(=O)O)c3)s2)c(Nc2nc(Nc3cc(N(CC)CC)ccc3N=Nc3nc(N4CCCCC4)c(C=C(C(C)=O)C(=O)Nc4cccc(S(=O)(=O)O)c4)s3)nc(N(CCO)CCO)n2)c1. The maximum atomic E-state index is 13.8. The first-order valence-electron chi connectivity index (χ1n) is 32.1. The molecule has 8 N–H and O–H groups in total. The number of ketones is 2. The minimum atomic E-state index is -4.60. The van der Waals surface area contributed by atoms with Crippen LogP contribution in [0.2, 0.25) is 0 Å². The molecule has 0 aliphatic carbocycles. The summed E-state index contributed by atoms with van der Waals surface area (Å²) in [4.78, 5) is 88.3. The number of rotatable bonds is 31. The maximum absolute atomic E-state index is 13.8. The molecule has 2 saturated heterocycles. The van der Waals surface area contributed by atoms with Gasteiger partial charge in [0, 0.05) is 88.2 Å². The predicted octanol–water partition coefficient (Wildman–Crippen LogP) is 11.3. The smallest absolute Gasteiger partial charge is 0.294 e. The number of anilines is 11. The summed E-state index contributed by atoms with van der Waals surface area (Å²) in [7, 11) is -9.20. The van der Waals surface area contributed by atoms with Crippen LogP contribution in [0.3, 0.4) is 0 Å². The molecule has 2 amide bonds. The van der Waals surface area contributed by atoms with Crippen LogP contribution in [0.1, 0.15) is 89.8 Å². The van der Waals surface area contributed by atoms with E-state index in [9.17, 15) is 55.3 Å². The summed E-state index contributed by atoms with van der Waals surface area (Å²) >= 11 is 2.18. The molecule has 0 atom stereocenters. The van der Waals surface area contributed by atoms with Crippen molar-refractivity contribution in [2.45, 2.75) is 89.9 Å². The number of thiazole rings is 2. The zero-order valence-corrected chi connectivity index (χ0v) is 58.7. The standard InChI is InChI=1S/C65H78N18O12S4/c1-7-79(8-2)45-23-25-51(75-77-64-70-57(81-27-13-11-14-28-81)55(96-64)39-49(41(5)86)59(88)66-43-19-17-21-47(35-43)98(90,91)92)53(37-45)68-61-72-62(74-63(73-61)83(31-33-84)32-34-85)69-54-38-46(80(9-3)10-4)24-26-52(54)76-78-65-71-58(82-29-15-12-16-30-82)56(97-65)40-50(42(6)87)60(89)67-44-20-18-22-48(36-44)99(93,94)95/h17-26,35-40,84-85H,7-16,27-34H2,1-6H3,(H,66,88)(H,67,89)(H,90,91,92)(H,93,94,95)(H2,68,69,72,73,74). The van der Waals surface area contributed by atoms with Crippen molar-refractivity contribution in [1.82, 2.24) is 24.9 Å². The number of aliphatic hydroxyl groups excluding tert-OH is 2. The Bertz CT molecular complexity index is 4170. The monoisotopic (exact) mass is 1430 g/mol. The number of Topliss-reactive ketones (excluding diaryl/α,β-unsaturated/α-hetero) is 2. The Kier molecular flexibility index (Phi) is 25.2. The lowest BCUT2D eigenvalue weighted by molar-refractivity contribution is -0.120. The number of aliphatic hydroxyl groups is 2. The number of hydrogen-bond donors (Lipinski definition) is 8. The molecule has 0 spiro atoms. The number of carbonyl (C=O) groups excluding carboxylic acids is 4. The molecule has 2 fully saturated rings. The van der Waals surface area contributed by atoms with Crippen LogP contribution in [0.25, 0.3) is 12.2 Å². The van der Waals surface area contributed by atoms with Gasteiger partial charge in [-0.25, -0.2) is 0 Å². The molecule has 0 bridgehead atoms. The van der Waals surface area contributed by atoms with E-state index in [1.165, 1.54) is 50.3 Å². The van der Waals surface area contributed by atoms with Gasteiger partial charge in [0.1, 0.15) is 23.0 Å². The molecule has 9 rings (SSSR count). The molecule has 5 heterocycles. The lowest BCUT2D eigenvalue weighted by atomic mass is 10.1. The van der Waals surface area contributed by atoms with Gasteiger partial charge in [0.05, 0.1) is 55.3 Å². The Morgan fingerprint density at radius 3 is 1.27 bits per heavy atom. The topological polar surface area (TPSA) is 396 Å². The van der Waals surface area contributed by atoms with Gasteiger partial charge in [-0.1, -0.05) is 34.8 Å². The Morgan fingerprint density at radius 2 is 0.919 bits per heavy atom. The zero-order chi connectivity index (χ0) is 71.0. The van der Waals surface area contributed by atoms with E-state index in [4.69, 9.17) is 35.1 Å². The molecule has 34 heteroatoms. The molecule has 0 saturated carbocycles. The van der Waals surface area contributed by atoms with E-state index in [2.05, 4.69) is 51.1 Å². The molecule has 524 valence electrons. The fourth-order valence-corrected chi connectivity index (χ4v) is 13.7. The number of azo groups is 2. The van der Waals surface area contributed by atoms with Gasteiger partial charge in [-0.3, -0.25) is 28.3 Å². The number of amides is 2. The third-order valence-corrected chi connectivity index (χ3v) is 19.4. The van der Waals surface area contributed by atoms with Crippen LogP contribution >= 0.6 is 22.7 Å². The quantitative estimate of drug-likeness (QED) is 0.00658. The Labute approximate surface area is 581 Å². The summed E-state index contributed by atoms with van der Waals surface area (Å²) < 4.78 is 66.9. The summed E-state index contributed by atoms with van der Waals surface area (Å²) in [6.45, 7) is 15.1. The Morgan fingerprint density at radius 1 is 0.525 bits per heavy atom. The summed E-state index contributed by atoms with van der Waals surface area (Å²) in [5.41, 5.74) is 2.60. The first kappa shape index (κ1) is 73.7. The lowest BCUT2D eigenvalue weighted by Crippen LogP contribution is -2.31. The molecule has 7 aromatic rings. The van der Waals surface area contributed by atoms with E-state index >= 15 is 0 Å². The van der Waals surface area contributed by atoms with Crippen LogP contribution in [0.15, 0.2) is 126 Å². The number of hydrogen-bond acceptors (Lipinski definition) is 28. The highest BCUT2D eigenvalue weighted by Gasteiger charge is 2.27. The number of nitrogens with zero attached hydrogens (tertiary/aromatic N) is 14. The van der Waals surface area contributed by atoms with E-state index in [1.807, 2.05) is 52.0 Å². The van der Waals surface area contributed by atoms with Gasteiger partial charge in [-0.15, -0.1) is 20.5 Å². The average molecular weight is 1430 g/mol. The largest absolute Gasteiger partial charge is 0.395 e. The number of carbonyl (C=O) groups is 4. The molecule has 0 radical (unpaired) electrons. The van der Waals surface area contributed by atoms with Crippen molar-refractivity contribution in [3.63, 3.8) is 0 Å². The zero-order valence-electron chi connectivity index (χ0n) is 55.4. The van der Waals surface area contributed by atoms with E-state index in [-0.39, 0.29) is 76.9 Å². The van der Waals surface area contributed by atoms with Crippen molar-refractivity contribution < 1.29 is 55.3 Å². The highest BCUT2D eigenvalue weighted by atomic mass is 32.2. The molecule has 30 nitrogen and oxygen atoms in total. The first-order chi connectivity index (χ1) is 47.5. The van der Waals surface area contributed by atoms with Gasteiger partial charge in [-0.2, -0.15) is 41.8 Å². The number of nitrogens with one attached hydrogen (secondary N) is 4. The highest BCUT2D eigenvalue weighted by Crippen LogP contribution is 2.41. The predicted molar refractivity (Wildman–Crippen MR) is 385 cm³/mol. The van der Waals surface area contributed by atoms with Gasteiger partial charge < -0.3 is 56.0 Å². The molecular formula is C65H78N18O12S4. The summed E-state index contributed by atoms with van der Waals surface area (Å²) in [6.07, 6.45) is 8.33. The van der Waals surface area contributed by atoms with Crippen LogP contribution < -0.4 is 45.8 Å². The van der Waals surface area contributed by atoms with E-state index in [0.29, 0.717) is 96.5 Å². The van der Waals surface area contributed by atoms with Gasteiger partial charge in [-0.05, 0) is 165 Å². The van der Waals surface area contributed by atoms with E-state index in [0.717, 1.165) is 96.8 Å². The summed E-state index contributed by atoms with van der Waals surface area (Å²) in [5.74, 6) is -1.77. The fourth-order valence-electron chi connectivity index (χ4n) is 10.9. The normalized spacial score (nSPS) is 14.0. The van der Waals surface area contributed by atoms with Crippen molar-refractivity contribution in [2.24, 2.45) is 20.5 Å². The fraction of sp³-hybridized carbons (Fsp3) is 0.369. The third-order valence-electron chi connectivity index (χ3n) is 16.0.